The summed E-state index contributed by atoms with van der Waals surface area (Å²) in [6.45, 7) is 4.85. The van der Waals surface area contributed by atoms with E-state index in [9.17, 15) is 9.59 Å². The van der Waals surface area contributed by atoms with E-state index in [1.165, 1.54) is 0 Å². The smallest absolute Gasteiger partial charge is 0.259 e. The van der Waals surface area contributed by atoms with Gasteiger partial charge in [-0.15, -0.1) is 0 Å². The minimum absolute atomic E-state index is 0.0136. The number of piperidine rings is 1. The third-order valence-electron chi connectivity index (χ3n) is 4.93. The number of amides is 2. The Labute approximate surface area is 153 Å². The zero-order valence-corrected chi connectivity index (χ0v) is 15.3. The van der Waals surface area contributed by atoms with Gasteiger partial charge in [0.15, 0.2) is 0 Å². The molecule has 1 atom stereocenters. The van der Waals surface area contributed by atoms with E-state index in [0.29, 0.717) is 29.1 Å². The molecule has 1 aliphatic rings. The molecule has 26 heavy (non-hydrogen) atoms. The summed E-state index contributed by atoms with van der Waals surface area (Å²) in [5.41, 5.74) is 1.86. The summed E-state index contributed by atoms with van der Waals surface area (Å²) in [7, 11) is 0. The van der Waals surface area contributed by atoms with Crippen molar-refractivity contribution in [1.82, 2.24) is 15.4 Å². The first kappa shape index (κ1) is 18.2. The number of aromatic nitrogens is 1. The fraction of sp³-hybridized carbons (Fsp3) is 0.450. The summed E-state index contributed by atoms with van der Waals surface area (Å²) < 4.78 is 5.15. The quantitative estimate of drug-likeness (QED) is 0.894. The van der Waals surface area contributed by atoms with Crippen LogP contribution in [0.5, 0.6) is 0 Å². The number of nitrogens with zero attached hydrogens (tertiary/aromatic N) is 2. The lowest BCUT2D eigenvalue weighted by Gasteiger charge is -2.36. The third-order valence-corrected chi connectivity index (χ3v) is 4.93. The highest BCUT2D eigenvalue weighted by molar-refractivity contribution is 5.96. The highest BCUT2D eigenvalue weighted by Crippen LogP contribution is 2.24. The summed E-state index contributed by atoms with van der Waals surface area (Å²) in [6, 6.07) is 9.30. The predicted octanol–water partition coefficient (Wildman–Crippen LogP) is 3.11. The molecule has 2 amide bonds. The molecule has 3 rings (SSSR count). The van der Waals surface area contributed by atoms with Crippen LogP contribution in [0.15, 0.2) is 34.9 Å². The lowest BCUT2D eigenvalue weighted by molar-refractivity contribution is 0.0599. The van der Waals surface area contributed by atoms with Crippen LogP contribution in [0.3, 0.4) is 0 Å². The van der Waals surface area contributed by atoms with Crippen LogP contribution in [0.2, 0.25) is 0 Å². The average molecular weight is 355 g/mol. The van der Waals surface area contributed by atoms with Crippen molar-refractivity contribution in [3.05, 3.63) is 52.9 Å². The van der Waals surface area contributed by atoms with Gasteiger partial charge in [0.1, 0.15) is 11.3 Å². The van der Waals surface area contributed by atoms with Crippen LogP contribution in [-0.2, 0) is 0 Å². The van der Waals surface area contributed by atoms with Gasteiger partial charge in [0.2, 0.25) is 0 Å². The van der Waals surface area contributed by atoms with Gasteiger partial charge in [-0.1, -0.05) is 23.4 Å². The maximum atomic E-state index is 13.0. The van der Waals surface area contributed by atoms with Crippen LogP contribution in [0.1, 0.15) is 57.9 Å². The van der Waals surface area contributed by atoms with Gasteiger partial charge >= 0.3 is 0 Å². The van der Waals surface area contributed by atoms with Crippen LogP contribution < -0.4 is 5.32 Å². The summed E-state index contributed by atoms with van der Waals surface area (Å²) in [6.07, 6.45) is 3.80. The molecule has 2 heterocycles. The van der Waals surface area contributed by atoms with Crippen LogP contribution >= 0.6 is 0 Å². The number of hydrogen-bond donors (Lipinski definition) is 1. The van der Waals surface area contributed by atoms with E-state index >= 15 is 0 Å². The van der Waals surface area contributed by atoms with Gasteiger partial charge in [0.25, 0.3) is 11.8 Å². The lowest BCUT2D eigenvalue weighted by atomic mass is 9.97. The number of benzene rings is 1. The molecular weight excluding hydrogens is 330 g/mol. The van der Waals surface area contributed by atoms with Crippen molar-refractivity contribution in [2.75, 3.05) is 13.1 Å². The van der Waals surface area contributed by atoms with Gasteiger partial charge in [0, 0.05) is 24.7 Å². The van der Waals surface area contributed by atoms with E-state index < -0.39 is 0 Å². The first-order valence-electron chi connectivity index (χ1n) is 9.15. The molecule has 0 aliphatic carbocycles. The highest BCUT2D eigenvalue weighted by atomic mass is 16.5. The minimum atomic E-state index is -0.0787. The molecule has 6 nitrogen and oxygen atoms in total. The minimum Gasteiger partial charge on any atom is -0.361 e. The zero-order chi connectivity index (χ0) is 18.5. The van der Waals surface area contributed by atoms with Gasteiger partial charge in [-0.2, -0.15) is 0 Å². The van der Waals surface area contributed by atoms with Gasteiger partial charge in [-0.05, 0) is 51.7 Å². The van der Waals surface area contributed by atoms with Gasteiger partial charge in [0.05, 0.1) is 5.69 Å². The van der Waals surface area contributed by atoms with Crippen LogP contribution in [0, 0.1) is 13.8 Å². The van der Waals surface area contributed by atoms with E-state index in [-0.39, 0.29) is 17.9 Å². The molecule has 0 bridgehead atoms. The molecule has 0 radical (unpaired) electrons. The Balaban J connectivity index is 1.61. The number of likely N-dealkylation sites (tertiary alicyclic amines) is 1. The number of carbonyl (C=O) groups is 2. The van der Waals surface area contributed by atoms with Gasteiger partial charge in [-0.25, -0.2) is 0 Å². The summed E-state index contributed by atoms with van der Waals surface area (Å²) >= 11 is 0. The van der Waals surface area contributed by atoms with Crippen molar-refractivity contribution in [2.24, 2.45) is 0 Å². The van der Waals surface area contributed by atoms with Crippen molar-refractivity contribution in [3.63, 3.8) is 0 Å². The molecule has 0 spiro atoms. The molecule has 138 valence electrons. The van der Waals surface area contributed by atoms with Crippen LogP contribution in [-0.4, -0.2) is 41.0 Å². The van der Waals surface area contributed by atoms with Crippen molar-refractivity contribution in [2.45, 2.75) is 45.6 Å². The fourth-order valence-corrected chi connectivity index (χ4v) is 3.54. The third kappa shape index (κ3) is 3.95. The second-order valence-electron chi connectivity index (χ2n) is 6.76. The Kier molecular flexibility index (Phi) is 5.71. The maximum Gasteiger partial charge on any atom is 0.259 e. The summed E-state index contributed by atoms with van der Waals surface area (Å²) in [5.74, 6) is 0.472. The average Bonchev–Trinajstić information content (AvgIpc) is 3.00. The molecule has 2 aromatic rings. The second kappa shape index (κ2) is 8.17. The largest absolute Gasteiger partial charge is 0.361 e. The van der Waals surface area contributed by atoms with Crippen LogP contribution in [0.25, 0.3) is 0 Å². The molecule has 6 heteroatoms. The molecule has 0 saturated carbocycles. The van der Waals surface area contributed by atoms with Crippen molar-refractivity contribution >= 4 is 11.8 Å². The van der Waals surface area contributed by atoms with E-state index in [0.717, 1.165) is 32.2 Å². The highest BCUT2D eigenvalue weighted by Gasteiger charge is 2.30. The molecule has 0 unspecified atom stereocenters. The Hall–Kier alpha value is -2.63. The number of nitrogens with one attached hydrogen (secondary N) is 1. The van der Waals surface area contributed by atoms with E-state index in [1.807, 2.05) is 23.1 Å². The van der Waals surface area contributed by atoms with Crippen molar-refractivity contribution in [3.8, 4) is 0 Å². The fourth-order valence-electron chi connectivity index (χ4n) is 3.54. The SMILES string of the molecule is Cc1noc(C)c1C(=O)N1CCCC[C@H]1CCNC(=O)c1ccccc1. The normalized spacial score (nSPS) is 17.2. The van der Waals surface area contributed by atoms with Gasteiger partial charge in [-0.3, -0.25) is 9.59 Å². The predicted molar refractivity (Wildman–Crippen MR) is 98.0 cm³/mol. The Bertz CT molecular complexity index is 750. The molecule has 1 aliphatic heterocycles. The maximum absolute atomic E-state index is 13.0. The first-order chi connectivity index (χ1) is 12.6. The summed E-state index contributed by atoms with van der Waals surface area (Å²) in [5, 5.41) is 6.85. The molecular formula is C20H25N3O3. The summed E-state index contributed by atoms with van der Waals surface area (Å²) in [4.78, 5) is 27.1. The molecule has 1 aromatic carbocycles. The number of hydrogen-bond acceptors (Lipinski definition) is 4. The van der Waals surface area contributed by atoms with Crippen LogP contribution in [0.4, 0.5) is 0 Å². The number of carbonyl (C=O) groups excluding carboxylic acids is 2. The molecule has 1 aromatic heterocycles. The number of aryl methyl sites for hydroxylation is 2. The molecule has 1 N–H and O–H groups in total. The zero-order valence-electron chi connectivity index (χ0n) is 15.3. The monoisotopic (exact) mass is 355 g/mol. The molecule has 1 fully saturated rings. The Morgan fingerprint density at radius 1 is 1.23 bits per heavy atom. The van der Waals surface area contributed by atoms with Gasteiger partial charge < -0.3 is 14.7 Å². The van der Waals surface area contributed by atoms with E-state index in [1.54, 1.807) is 26.0 Å². The van der Waals surface area contributed by atoms with E-state index in [2.05, 4.69) is 10.5 Å². The lowest BCUT2D eigenvalue weighted by Crippen LogP contribution is -2.45. The van der Waals surface area contributed by atoms with Crippen molar-refractivity contribution in [1.29, 1.82) is 0 Å². The standard InChI is InChI=1S/C20H25N3O3/c1-14-18(15(2)26-22-14)20(25)23-13-7-6-10-17(23)11-12-21-19(24)16-8-4-3-5-9-16/h3-5,8-9,17H,6-7,10-13H2,1-2H3,(H,21,24)/t17-/m0/s1. The Morgan fingerprint density at radius 2 is 2.00 bits per heavy atom. The number of rotatable bonds is 5. The Morgan fingerprint density at radius 3 is 2.69 bits per heavy atom. The van der Waals surface area contributed by atoms with Crippen molar-refractivity contribution < 1.29 is 14.1 Å². The topological polar surface area (TPSA) is 75.4 Å². The first-order valence-corrected chi connectivity index (χ1v) is 9.15. The second-order valence-corrected chi connectivity index (χ2v) is 6.76. The molecule has 1 saturated heterocycles. The van der Waals surface area contributed by atoms with E-state index in [4.69, 9.17) is 4.52 Å².